The van der Waals surface area contributed by atoms with E-state index >= 15 is 0 Å². The van der Waals surface area contributed by atoms with E-state index in [-0.39, 0.29) is 72.3 Å². The third-order valence-corrected chi connectivity index (χ3v) is 19.8. The van der Waals surface area contributed by atoms with Gasteiger partial charge in [0, 0.05) is 0 Å². The van der Waals surface area contributed by atoms with Crippen LogP contribution in [0.4, 0.5) is 22.0 Å². The van der Waals surface area contributed by atoms with Crippen LogP contribution in [0.25, 0.3) is 5.57 Å². The van der Waals surface area contributed by atoms with Gasteiger partial charge in [0.05, 0.1) is 33.4 Å². The number of rotatable bonds is 40. The van der Waals surface area contributed by atoms with Crippen LogP contribution >= 0.6 is 0 Å². The molecule has 5 heteroatoms. The lowest BCUT2D eigenvalue weighted by molar-refractivity contribution is 0.377. The third kappa shape index (κ3) is 21.4. The molecule has 0 N–H and O–H groups in total. The fourth-order valence-corrected chi connectivity index (χ4v) is 13.1. The average Bonchev–Trinajstić information content (AvgIpc) is 3.61. The molecule has 0 amide bonds. The minimum atomic E-state index is -0.351. The molecular formula is C78H111F5. The summed E-state index contributed by atoms with van der Waals surface area (Å²) in [7, 11) is 0. The average molecular weight is 1140 g/mol. The molecule has 83 heavy (non-hydrogen) atoms. The Bertz CT molecular complexity index is 2580. The zero-order valence-corrected chi connectivity index (χ0v) is 53.8. The Morgan fingerprint density at radius 2 is 0.542 bits per heavy atom. The van der Waals surface area contributed by atoms with Gasteiger partial charge >= 0.3 is 0 Å². The summed E-state index contributed by atoms with van der Waals surface area (Å²) in [6.45, 7) is 27.4. The van der Waals surface area contributed by atoms with Crippen LogP contribution in [0.1, 0.15) is 290 Å². The highest BCUT2D eigenvalue weighted by Gasteiger charge is 2.29. The van der Waals surface area contributed by atoms with E-state index in [1.807, 2.05) is 0 Å². The van der Waals surface area contributed by atoms with Gasteiger partial charge in [0.25, 0.3) is 0 Å². The van der Waals surface area contributed by atoms with Crippen LogP contribution in [0.5, 0.6) is 0 Å². The van der Waals surface area contributed by atoms with E-state index in [2.05, 4.69) is 204 Å². The summed E-state index contributed by atoms with van der Waals surface area (Å²) in [6, 6.07) is 45.2. The normalized spacial score (nSPS) is 14.2. The van der Waals surface area contributed by atoms with Crippen LogP contribution < -0.4 is 0 Å². The Morgan fingerprint density at radius 3 is 0.867 bits per heavy atom. The van der Waals surface area contributed by atoms with E-state index in [1.165, 1.54) is 50.1 Å². The molecule has 458 valence electrons. The van der Waals surface area contributed by atoms with Gasteiger partial charge in [-0.05, 0) is 216 Å². The van der Waals surface area contributed by atoms with E-state index in [4.69, 9.17) is 0 Å². The van der Waals surface area contributed by atoms with Gasteiger partial charge in [-0.2, -0.15) is 0 Å². The van der Waals surface area contributed by atoms with Gasteiger partial charge in [0.15, 0.2) is 0 Å². The molecule has 0 heterocycles. The third-order valence-electron chi connectivity index (χ3n) is 19.8. The molecule has 0 fully saturated rings. The first-order valence-corrected chi connectivity index (χ1v) is 32.5. The molecule has 0 bridgehead atoms. The predicted molar refractivity (Wildman–Crippen MR) is 350 cm³/mol. The standard InChI is InChI=1S/C78H111F5/c1-59(2)60-25-35-69(36-26-60)74(3,4)49-17-15-23-61(24-16-19-54-79)64-27-39-71(40-28-64)76(7,8)51-45-62(21-13-14-22-63(47-56-81)66-31-43-73(44-32-66)78(11,12)53-58-83)65-29-41-72(42-30-65)77(9,10)52-46-68(48-57-82)67-33-37-70(38-34-67)75(5,6)50-18-20-55-80/h25-44,61-63,68H,1,13-24,45-58H2,2-12H3. The summed E-state index contributed by atoms with van der Waals surface area (Å²) in [5, 5.41) is 0. The monoisotopic (exact) mass is 1140 g/mol. The van der Waals surface area contributed by atoms with Crippen LogP contribution in [0.2, 0.25) is 0 Å². The largest absolute Gasteiger partial charge is 0.251 e. The highest BCUT2D eigenvalue weighted by Crippen LogP contribution is 2.41. The number of halogens is 5. The maximum absolute atomic E-state index is 14.2. The van der Waals surface area contributed by atoms with Crippen molar-refractivity contribution >= 4 is 5.57 Å². The van der Waals surface area contributed by atoms with Crippen molar-refractivity contribution in [2.75, 3.05) is 33.4 Å². The molecule has 4 unspecified atom stereocenters. The Labute approximate surface area is 503 Å². The predicted octanol–water partition coefficient (Wildman–Crippen LogP) is 24.3. The number of alkyl halides is 5. The van der Waals surface area contributed by atoms with Crippen LogP contribution in [0, 0.1) is 0 Å². The van der Waals surface area contributed by atoms with Gasteiger partial charge in [-0.1, -0.05) is 235 Å². The van der Waals surface area contributed by atoms with Crippen LogP contribution in [-0.2, 0) is 27.1 Å². The zero-order chi connectivity index (χ0) is 60.7. The molecule has 0 aliphatic carbocycles. The summed E-state index contributed by atoms with van der Waals surface area (Å²) in [4.78, 5) is 0. The van der Waals surface area contributed by atoms with E-state index in [0.717, 1.165) is 114 Å². The maximum atomic E-state index is 14.2. The number of hydrogen-bond acceptors (Lipinski definition) is 0. The summed E-state index contributed by atoms with van der Waals surface area (Å²) in [6.07, 6.45) is 18.9. The lowest BCUT2D eigenvalue weighted by Crippen LogP contribution is -2.20. The second-order valence-corrected chi connectivity index (χ2v) is 28.4. The van der Waals surface area contributed by atoms with Gasteiger partial charge in [0.1, 0.15) is 0 Å². The van der Waals surface area contributed by atoms with Gasteiger partial charge in [-0.3, -0.25) is 22.0 Å². The van der Waals surface area contributed by atoms with Crippen molar-refractivity contribution in [3.63, 3.8) is 0 Å². The van der Waals surface area contributed by atoms with Crippen molar-refractivity contribution < 1.29 is 22.0 Å². The molecule has 0 aliphatic rings. The molecule has 0 nitrogen and oxygen atoms in total. The maximum Gasteiger partial charge on any atom is 0.0902 e. The Kier molecular flexibility index (Phi) is 27.9. The Morgan fingerprint density at radius 1 is 0.289 bits per heavy atom. The molecule has 0 aliphatic heterocycles. The van der Waals surface area contributed by atoms with Crippen LogP contribution in [0.3, 0.4) is 0 Å². The number of benzene rings is 5. The second-order valence-electron chi connectivity index (χ2n) is 28.4. The summed E-state index contributed by atoms with van der Waals surface area (Å²) in [5.74, 6) is 1.04. The minimum absolute atomic E-state index is 0.0367. The highest BCUT2D eigenvalue weighted by atomic mass is 19.1. The van der Waals surface area contributed by atoms with Crippen LogP contribution in [0.15, 0.2) is 128 Å². The van der Waals surface area contributed by atoms with E-state index in [1.54, 1.807) is 0 Å². The highest BCUT2D eigenvalue weighted by molar-refractivity contribution is 5.61. The van der Waals surface area contributed by atoms with E-state index in [0.29, 0.717) is 43.9 Å². The SMILES string of the molecule is C=C(C)c1ccc(C(C)(C)CCCCC(CCCCF)c2ccc(C(C)(C)CCC(CCCCC(CCF)c3ccc(C(C)(C)CCF)cc3)c3ccc(C(C)(C)CCC(CCF)c4ccc(C(C)(C)CCCCF)cc4)cc3)cc2)cc1. The molecule has 5 aromatic rings. The first-order valence-electron chi connectivity index (χ1n) is 32.5. The van der Waals surface area contributed by atoms with Crippen molar-refractivity contribution in [1.82, 2.24) is 0 Å². The van der Waals surface area contributed by atoms with E-state index in [9.17, 15) is 22.0 Å². The zero-order valence-electron chi connectivity index (χ0n) is 53.8. The van der Waals surface area contributed by atoms with Crippen molar-refractivity contribution in [3.05, 3.63) is 184 Å². The smallest absolute Gasteiger partial charge is 0.0902 e. The van der Waals surface area contributed by atoms with Crippen molar-refractivity contribution in [3.8, 4) is 0 Å². The van der Waals surface area contributed by atoms with Gasteiger partial charge in [-0.25, -0.2) is 0 Å². The molecule has 0 saturated heterocycles. The lowest BCUT2D eigenvalue weighted by Gasteiger charge is -2.30. The Hall–Kier alpha value is -4.51. The molecule has 5 aromatic carbocycles. The van der Waals surface area contributed by atoms with Crippen LogP contribution in [-0.4, -0.2) is 33.4 Å². The summed E-state index contributed by atoms with van der Waals surface area (Å²) >= 11 is 0. The minimum Gasteiger partial charge on any atom is -0.251 e. The van der Waals surface area contributed by atoms with Gasteiger partial charge in [-0.15, -0.1) is 0 Å². The number of unbranched alkanes of at least 4 members (excludes halogenated alkanes) is 4. The number of hydrogen-bond donors (Lipinski definition) is 0. The molecule has 0 saturated carbocycles. The second kappa shape index (κ2) is 33.4. The van der Waals surface area contributed by atoms with Gasteiger partial charge in [0.2, 0.25) is 0 Å². The Balaban J connectivity index is 1.30. The number of allylic oxidation sites excluding steroid dienone is 1. The quantitative estimate of drug-likeness (QED) is 0.0271. The molecule has 0 aromatic heterocycles. The summed E-state index contributed by atoms with van der Waals surface area (Å²) in [5.41, 5.74) is 13.4. The molecule has 0 radical (unpaired) electrons. The summed E-state index contributed by atoms with van der Waals surface area (Å²) < 4.78 is 68.0. The molecule has 0 spiro atoms. The van der Waals surface area contributed by atoms with Crippen molar-refractivity contribution in [2.24, 2.45) is 0 Å². The molecule has 5 rings (SSSR count). The van der Waals surface area contributed by atoms with Crippen molar-refractivity contribution in [2.45, 2.75) is 262 Å². The van der Waals surface area contributed by atoms with E-state index < -0.39 is 0 Å². The first-order chi connectivity index (χ1) is 39.5. The first kappa shape index (κ1) is 69.3. The fourth-order valence-electron chi connectivity index (χ4n) is 13.1. The van der Waals surface area contributed by atoms with Crippen molar-refractivity contribution in [1.29, 1.82) is 0 Å². The van der Waals surface area contributed by atoms with Gasteiger partial charge < -0.3 is 0 Å². The molecular weight excluding hydrogens is 1030 g/mol. The molecule has 4 atom stereocenters. The lowest BCUT2D eigenvalue weighted by atomic mass is 9.74. The topological polar surface area (TPSA) is 0 Å². The fraction of sp³-hybridized carbons (Fsp3) is 0.590.